The molecule has 0 spiro atoms. The molecule has 0 aliphatic rings. The standard InChI is InChI=1S/C37H66/c1-7-13-19-25-32(26-20-14-8-2)37-31-33(27-21-15-9-3)34(28-22-16-10-4)35(29-23-17-11-5)36(37)30-24-18-12-6/h7-30H2,1-6H3. The highest BCUT2D eigenvalue weighted by Crippen LogP contribution is 2.37. The topological polar surface area (TPSA) is 0 Å². The third kappa shape index (κ3) is 13.7. The molecule has 0 N–H and O–H groups in total. The van der Waals surface area contributed by atoms with Crippen LogP contribution in [0.25, 0.3) is 0 Å². The molecule has 0 amide bonds. The van der Waals surface area contributed by atoms with Gasteiger partial charge >= 0.3 is 0 Å². The van der Waals surface area contributed by atoms with Crippen LogP contribution in [-0.4, -0.2) is 0 Å². The molecule has 0 heteroatoms. The second-order valence-electron chi connectivity index (χ2n) is 11.8. The normalized spacial score (nSPS) is 11.6. The molecule has 0 bridgehead atoms. The van der Waals surface area contributed by atoms with Crippen molar-refractivity contribution in [3.8, 4) is 0 Å². The summed E-state index contributed by atoms with van der Waals surface area (Å²) in [5, 5.41) is 0. The summed E-state index contributed by atoms with van der Waals surface area (Å²) in [5.74, 6) is 1.77. The van der Waals surface area contributed by atoms with Crippen molar-refractivity contribution in [1.82, 2.24) is 0 Å². The Balaban J connectivity index is 3.64. The van der Waals surface area contributed by atoms with Gasteiger partial charge in [-0.05, 0) is 98.1 Å². The fraction of sp³-hybridized carbons (Fsp3) is 0.811. The van der Waals surface area contributed by atoms with Gasteiger partial charge in [-0.15, -0.1) is 0 Å². The Morgan fingerprint density at radius 3 is 1.24 bits per heavy atom. The smallest absolute Gasteiger partial charge is 0.00592 e. The first-order valence-corrected chi connectivity index (χ1v) is 17.1. The number of hydrogen-bond acceptors (Lipinski definition) is 0. The Labute approximate surface area is 235 Å². The van der Waals surface area contributed by atoms with E-state index in [9.17, 15) is 0 Å². The van der Waals surface area contributed by atoms with E-state index in [0.717, 1.165) is 0 Å². The molecule has 0 heterocycles. The molecule has 0 aliphatic heterocycles. The van der Waals surface area contributed by atoms with Gasteiger partial charge < -0.3 is 0 Å². The van der Waals surface area contributed by atoms with Crippen molar-refractivity contribution in [1.29, 1.82) is 0 Å². The second-order valence-corrected chi connectivity index (χ2v) is 11.8. The molecule has 1 rings (SSSR count). The van der Waals surface area contributed by atoms with E-state index in [1.807, 2.05) is 0 Å². The van der Waals surface area contributed by atoms with E-state index in [2.05, 4.69) is 47.6 Å². The van der Waals surface area contributed by atoms with Gasteiger partial charge in [0.25, 0.3) is 0 Å². The molecule has 2 radical (unpaired) electrons. The summed E-state index contributed by atoms with van der Waals surface area (Å²) in [5.41, 5.74) is 8.52. The summed E-state index contributed by atoms with van der Waals surface area (Å²) in [6.45, 7) is 14.1. The van der Waals surface area contributed by atoms with Crippen LogP contribution in [0.4, 0.5) is 0 Å². The van der Waals surface area contributed by atoms with Crippen molar-refractivity contribution in [3.05, 3.63) is 39.8 Å². The van der Waals surface area contributed by atoms with E-state index < -0.39 is 0 Å². The highest BCUT2D eigenvalue weighted by molar-refractivity contribution is 5.51. The van der Waals surface area contributed by atoms with Gasteiger partial charge in [-0.25, -0.2) is 0 Å². The van der Waals surface area contributed by atoms with Crippen LogP contribution in [0, 0.1) is 12.0 Å². The van der Waals surface area contributed by atoms with Gasteiger partial charge in [0.15, 0.2) is 0 Å². The van der Waals surface area contributed by atoms with E-state index in [0.29, 0.717) is 0 Å². The van der Waals surface area contributed by atoms with Crippen LogP contribution in [0.5, 0.6) is 0 Å². The Morgan fingerprint density at radius 2 is 0.784 bits per heavy atom. The SMILES string of the molecule is CCCCC[C](CCCCC)c1[c]c(CCCCC)c(CCCCC)c(CCCCC)c1CCCCC. The highest BCUT2D eigenvalue weighted by atomic mass is 14.3. The molecule has 0 saturated carbocycles. The van der Waals surface area contributed by atoms with Crippen LogP contribution in [-0.2, 0) is 25.7 Å². The molecule has 0 saturated heterocycles. The first kappa shape index (κ1) is 34.2. The summed E-state index contributed by atoms with van der Waals surface area (Å²) >= 11 is 0. The average molecular weight is 511 g/mol. The van der Waals surface area contributed by atoms with Crippen LogP contribution in [0.3, 0.4) is 0 Å². The van der Waals surface area contributed by atoms with Crippen molar-refractivity contribution in [2.45, 2.75) is 196 Å². The fourth-order valence-corrected chi connectivity index (χ4v) is 5.97. The maximum absolute atomic E-state index is 4.24. The molecule has 0 nitrogen and oxygen atoms in total. The van der Waals surface area contributed by atoms with Crippen molar-refractivity contribution in [2.24, 2.45) is 0 Å². The van der Waals surface area contributed by atoms with E-state index in [1.54, 1.807) is 33.7 Å². The molecule has 0 unspecified atom stereocenters. The Hall–Kier alpha value is -0.780. The molecule has 37 heavy (non-hydrogen) atoms. The highest BCUT2D eigenvalue weighted by Gasteiger charge is 2.23. The molecule has 0 aromatic heterocycles. The summed E-state index contributed by atoms with van der Waals surface area (Å²) in [6.07, 6.45) is 31.9. The third-order valence-corrected chi connectivity index (χ3v) is 8.31. The van der Waals surface area contributed by atoms with Crippen LogP contribution in [0.2, 0.25) is 0 Å². The summed E-state index contributed by atoms with van der Waals surface area (Å²) < 4.78 is 0. The minimum atomic E-state index is 1.25. The van der Waals surface area contributed by atoms with Gasteiger partial charge in [0.05, 0.1) is 0 Å². The van der Waals surface area contributed by atoms with E-state index >= 15 is 0 Å². The lowest BCUT2D eigenvalue weighted by Gasteiger charge is -2.27. The second kappa shape index (κ2) is 23.1. The van der Waals surface area contributed by atoms with Crippen molar-refractivity contribution in [2.75, 3.05) is 0 Å². The molecular formula is C37H66. The predicted molar refractivity (Wildman–Crippen MR) is 169 cm³/mol. The van der Waals surface area contributed by atoms with Gasteiger partial charge in [-0.3, -0.25) is 0 Å². The van der Waals surface area contributed by atoms with Crippen molar-refractivity contribution in [3.63, 3.8) is 0 Å². The number of unbranched alkanes of at least 4 members (excludes halogenated alkanes) is 12. The fourth-order valence-electron chi connectivity index (χ4n) is 5.97. The minimum Gasteiger partial charge on any atom is -0.0654 e. The van der Waals surface area contributed by atoms with Gasteiger partial charge in [-0.1, -0.05) is 131 Å². The minimum absolute atomic E-state index is 1.25. The number of rotatable bonds is 25. The zero-order valence-electron chi connectivity index (χ0n) is 26.5. The molecular weight excluding hydrogens is 444 g/mol. The quantitative estimate of drug-likeness (QED) is 0.115. The zero-order chi connectivity index (χ0) is 27.1. The van der Waals surface area contributed by atoms with Crippen molar-refractivity contribution < 1.29 is 0 Å². The molecule has 214 valence electrons. The van der Waals surface area contributed by atoms with Gasteiger partial charge in [-0.2, -0.15) is 0 Å². The molecule has 0 atom stereocenters. The number of benzene rings is 1. The Kier molecular flexibility index (Phi) is 21.4. The molecule has 1 aromatic carbocycles. The van der Waals surface area contributed by atoms with Crippen molar-refractivity contribution >= 4 is 0 Å². The number of hydrogen-bond donors (Lipinski definition) is 0. The van der Waals surface area contributed by atoms with Gasteiger partial charge in [0, 0.05) is 5.92 Å². The Morgan fingerprint density at radius 1 is 0.405 bits per heavy atom. The lowest BCUT2D eigenvalue weighted by atomic mass is 9.77. The lowest BCUT2D eigenvalue weighted by molar-refractivity contribution is 0.608. The Bertz CT molecular complexity index is 644. The average Bonchev–Trinajstić information content (AvgIpc) is 2.90. The van der Waals surface area contributed by atoms with Crippen LogP contribution < -0.4 is 0 Å². The third-order valence-electron chi connectivity index (χ3n) is 8.31. The molecule has 1 aromatic rings. The first-order valence-electron chi connectivity index (χ1n) is 17.1. The van der Waals surface area contributed by atoms with E-state index in [1.165, 1.54) is 154 Å². The van der Waals surface area contributed by atoms with E-state index in [4.69, 9.17) is 0 Å². The van der Waals surface area contributed by atoms with Gasteiger partial charge in [0.1, 0.15) is 0 Å². The summed E-state index contributed by atoms with van der Waals surface area (Å²) in [6, 6.07) is 4.24. The largest absolute Gasteiger partial charge is 0.0654 e. The van der Waals surface area contributed by atoms with Crippen LogP contribution >= 0.6 is 0 Å². The van der Waals surface area contributed by atoms with Crippen LogP contribution in [0.1, 0.15) is 198 Å². The molecule has 0 aliphatic carbocycles. The maximum Gasteiger partial charge on any atom is 0.00592 e. The van der Waals surface area contributed by atoms with E-state index in [-0.39, 0.29) is 0 Å². The van der Waals surface area contributed by atoms with Gasteiger partial charge in [0.2, 0.25) is 0 Å². The predicted octanol–water partition coefficient (Wildman–Crippen LogP) is 12.5. The number of aryl methyl sites for hydroxylation is 1. The summed E-state index contributed by atoms with van der Waals surface area (Å²) in [7, 11) is 0. The zero-order valence-corrected chi connectivity index (χ0v) is 26.5. The van der Waals surface area contributed by atoms with Crippen LogP contribution in [0.15, 0.2) is 0 Å². The lowest BCUT2D eigenvalue weighted by Crippen LogP contribution is -2.14. The summed E-state index contributed by atoms with van der Waals surface area (Å²) in [4.78, 5) is 0. The first-order chi connectivity index (χ1) is 18.2. The monoisotopic (exact) mass is 511 g/mol. The molecule has 0 fully saturated rings. The maximum atomic E-state index is 4.24.